The fourth-order valence-corrected chi connectivity index (χ4v) is 1.52. The molecular formula is C14H25N3O. The Hall–Kier alpha value is -1.26. The van der Waals surface area contributed by atoms with Crippen LogP contribution in [0.1, 0.15) is 12.8 Å². The van der Waals surface area contributed by atoms with Gasteiger partial charge in [-0.1, -0.05) is 0 Å². The Balaban J connectivity index is 2.24. The molecule has 0 bridgehead atoms. The zero-order chi connectivity index (χ0) is 13.2. The van der Waals surface area contributed by atoms with Crippen LogP contribution in [0.2, 0.25) is 0 Å². The van der Waals surface area contributed by atoms with Crippen LogP contribution < -0.4 is 15.8 Å². The van der Waals surface area contributed by atoms with Crippen molar-refractivity contribution in [1.29, 1.82) is 0 Å². The van der Waals surface area contributed by atoms with Gasteiger partial charge in [-0.05, 0) is 57.7 Å². The lowest BCUT2D eigenvalue weighted by molar-refractivity contribution is 0.261. The number of nitrogens with zero attached hydrogens (tertiary/aromatic N) is 1. The van der Waals surface area contributed by atoms with E-state index < -0.39 is 0 Å². The summed E-state index contributed by atoms with van der Waals surface area (Å²) in [5, 5.41) is 3.36. The largest absolute Gasteiger partial charge is 0.492 e. The van der Waals surface area contributed by atoms with Gasteiger partial charge in [-0.15, -0.1) is 0 Å². The van der Waals surface area contributed by atoms with Crippen molar-refractivity contribution in [3.05, 3.63) is 24.3 Å². The lowest BCUT2D eigenvalue weighted by Crippen LogP contribution is -2.19. The summed E-state index contributed by atoms with van der Waals surface area (Å²) in [6.07, 6.45) is 2.18. The van der Waals surface area contributed by atoms with E-state index in [9.17, 15) is 0 Å². The molecule has 4 nitrogen and oxygen atoms in total. The Labute approximate surface area is 110 Å². The maximum atomic E-state index is 5.63. The van der Waals surface area contributed by atoms with E-state index in [2.05, 4.69) is 10.2 Å². The average Bonchev–Trinajstić information content (AvgIpc) is 2.36. The molecule has 1 rings (SSSR count). The second-order valence-corrected chi connectivity index (χ2v) is 4.60. The predicted molar refractivity (Wildman–Crippen MR) is 77.3 cm³/mol. The monoisotopic (exact) mass is 251 g/mol. The number of anilines is 1. The van der Waals surface area contributed by atoms with E-state index in [1.54, 1.807) is 0 Å². The molecule has 0 amide bonds. The molecule has 1 aromatic rings. The number of ether oxygens (including phenoxy) is 1. The molecule has 0 fully saturated rings. The van der Waals surface area contributed by atoms with Crippen molar-refractivity contribution in [2.45, 2.75) is 12.8 Å². The van der Waals surface area contributed by atoms with Crippen LogP contribution in [0.3, 0.4) is 0 Å². The molecule has 0 aliphatic rings. The van der Waals surface area contributed by atoms with Gasteiger partial charge in [-0.2, -0.15) is 0 Å². The highest BCUT2D eigenvalue weighted by atomic mass is 16.5. The summed E-state index contributed by atoms with van der Waals surface area (Å²) in [5.74, 6) is 0.921. The van der Waals surface area contributed by atoms with Gasteiger partial charge in [-0.3, -0.25) is 0 Å². The second kappa shape index (κ2) is 8.78. The zero-order valence-corrected chi connectivity index (χ0v) is 11.5. The van der Waals surface area contributed by atoms with Crippen molar-refractivity contribution in [1.82, 2.24) is 4.90 Å². The average molecular weight is 251 g/mol. The van der Waals surface area contributed by atoms with E-state index in [1.165, 1.54) is 0 Å². The van der Waals surface area contributed by atoms with Crippen molar-refractivity contribution >= 4 is 5.69 Å². The first-order chi connectivity index (χ1) is 8.72. The molecule has 0 saturated heterocycles. The van der Waals surface area contributed by atoms with Crippen LogP contribution in [-0.4, -0.2) is 45.2 Å². The number of unbranched alkanes of at least 4 members (excludes halogenated alkanes) is 1. The molecule has 102 valence electrons. The molecule has 4 heteroatoms. The standard InChI is InChI=1S/C14H25N3O/c1-17(2)11-12-18-14-7-5-13(6-8-14)16-10-4-3-9-15/h5-8,16H,3-4,9-12,15H2,1-2H3. The first kappa shape index (κ1) is 14.8. The minimum atomic E-state index is 0.719. The highest BCUT2D eigenvalue weighted by Crippen LogP contribution is 2.15. The number of hydrogen-bond acceptors (Lipinski definition) is 4. The molecule has 0 atom stereocenters. The fraction of sp³-hybridized carbons (Fsp3) is 0.571. The first-order valence-corrected chi connectivity index (χ1v) is 6.54. The summed E-state index contributed by atoms with van der Waals surface area (Å²) in [4.78, 5) is 2.10. The van der Waals surface area contributed by atoms with Crippen LogP contribution in [0.15, 0.2) is 24.3 Å². The summed E-state index contributed by atoms with van der Waals surface area (Å²) < 4.78 is 5.63. The van der Waals surface area contributed by atoms with E-state index in [0.717, 1.165) is 50.5 Å². The Morgan fingerprint density at radius 2 is 1.89 bits per heavy atom. The molecule has 0 aliphatic carbocycles. The molecule has 0 unspecified atom stereocenters. The van der Waals surface area contributed by atoms with Gasteiger partial charge in [0.1, 0.15) is 12.4 Å². The number of nitrogens with two attached hydrogens (primary N) is 1. The Morgan fingerprint density at radius 1 is 1.17 bits per heavy atom. The van der Waals surface area contributed by atoms with Crippen LogP contribution in [0.5, 0.6) is 5.75 Å². The van der Waals surface area contributed by atoms with E-state index in [0.29, 0.717) is 0 Å². The topological polar surface area (TPSA) is 50.5 Å². The third-order valence-corrected chi connectivity index (χ3v) is 2.62. The van der Waals surface area contributed by atoms with Crippen LogP contribution in [0, 0.1) is 0 Å². The number of benzene rings is 1. The smallest absolute Gasteiger partial charge is 0.119 e. The molecule has 0 aliphatic heterocycles. The summed E-state index contributed by atoms with van der Waals surface area (Å²) in [7, 11) is 4.08. The lowest BCUT2D eigenvalue weighted by Gasteiger charge is -2.11. The highest BCUT2D eigenvalue weighted by molar-refractivity contribution is 5.46. The Bertz CT molecular complexity index is 311. The van der Waals surface area contributed by atoms with Gasteiger partial charge < -0.3 is 20.7 Å². The van der Waals surface area contributed by atoms with E-state index in [4.69, 9.17) is 10.5 Å². The zero-order valence-electron chi connectivity index (χ0n) is 11.5. The van der Waals surface area contributed by atoms with Crippen LogP contribution in [0.4, 0.5) is 5.69 Å². The molecule has 0 spiro atoms. The molecule has 1 aromatic carbocycles. The normalized spacial score (nSPS) is 10.7. The number of nitrogens with one attached hydrogen (secondary N) is 1. The number of hydrogen-bond donors (Lipinski definition) is 2. The van der Waals surface area contributed by atoms with Crippen molar-refractivity contribution in [2.75, 3.05) is 45.7 Å². The van der Waals surface area contributed by atoms with Crippen LogP contribution in [-0.2, 0) is 0 Å². The minimum absolute atomic E-state index is 0.719. The maximum absolute atomic E-state index is 5.63. The molecule has 3 N–H and O–H groups in total. The maximum Gasteiger partial charge on any atom is 0.119 e. The van der Waals surface area contributed by atoms with Crippen LogP contribution in [0.25, 0.3) is 0 Å². The van der Waals surface area contributed by atoms with Gasteiger partial charge in [0, 0.05) is 18.8 Å². The Morgan fingerprint density at radius 3 is 2.50 bits per heavy atom. The number of rotatable bonds is 9. The first-order valence-electron chi connectivity index (χ1n) is 6.54. The van der Waals surface area contributed by atoms with Gasteiger partial charge in [0.05, 0.1) is 0 Å². The lowest BCUT2D eigenvalue weighted by atomic mass is 10.2. The van der Waals surface area contributed by atoms with Gasteiger partial charge in [-0.25, -0.2) is 0 Å². The summed E-state index contributed by atoms with van der Waals surface area (Å²) in [6, 6.07) is 8.10. The number of likely N-dealkylation sites (N-methyl/N-ethyl adjacent to an activating group) is 1. The predicted octanol–water partition coefficient (Wildman–Crippen LogP) is 1.78. The fourth-order valence-electron chi connectivity index (χ4n) is 1.52. The SMILES string of the molecule is CN(C)CCOc1ccc(NCCCCN)cc1. The van der Waals surface area contributed by atoms with E-state index >= 15 is 0 Å². The highest BCUT2D eigenvalue weighted by Gasteiger charge is 1.96. The third kappa shape index (κ3) is 6.47. The Kier molecular flexibility index (Phi) is 7.22. The molecule has 0 aromatic heterocycles. The van der Waals surface area contributed by atoms with Gasteiger partial charge in [0.2, 0.25) is 0 Å². The van der Waals surface area contributed by atoms with E-state index in [1.807, 2.05) is 38.4 Å². The molecule has 0 heterocycles. The molecule has 0 saturated carbocycles. The summed E-state index contributed by atoms with van der Waals surface area (Å²) >= 11 is 0. The second-order valence-electron chi connectivity index (χ2n) is 4.60. The third-order valence-electron chi connectivity index (χ3n) is 2.62. The van der Waals surface area contributed by atoms with Crippen LogP contribution >= 0.6 is 0 Å². The van der Waals surface area contributed by atoms with Gasteiger partial charge >= 0.3 is 0 Å². The van der Waals surface area contributed by atoms with Crippen molar-refractivity contribution in [3.63, 3.8) is 0 Å². The molecule has 18 heavy (non-hydrogen) atoms. The quantitative estimate of drug-likeness (QED) is 0.657. The minimum Gasteiger partial charge on any atom is -0.492 e. The van der Waals surface area contributed by atoms with E-state index in [-0.39, 0.29) is 0 Å². The van der Waals surface area contributed by atoms with Crippen molar-refractivity contribution in [2.24, 2.45) is 5.73 Å². The van der Waals surface area contributed by atoms with Gasteiger partial charge in [0.15, 0.2) is 0 Å². The van der Waals surface area contributed by atoms with Crippen molar-refractivity contribution in [3.8, 4) is 5.75 Å². The van der Waals surface area contributed by atoms with Crippen molar-refractivity contribution < 1.29 is 4.74 Å². The van der Waals surface area contributed by atoms with Gasteiger partial charge in [0.25, 0.3) is 0 Å². The summed E-state index contributed by atoms with van der Waals surface area (Å²) in [5.41, 5.74) is 6.58. The molecule has 0 radical (unpaired) electrons. The molecular weight excluding hydrogens is 226 g/mol. The summed E-state index contributed by atoms with van der Waals surface area (Å²) in [6.45, 7) is 3.38.